The van der Waals surface area contributed by atoms with Crippen LogP contribution in [0.15, 0.2) is 30.7 Å². The lowest BCUT2D eigenvalue weighted by atomic mass is 10.1. The fourth-order valence-electron chi connectivity index (χ4n) is 3.46. The molecule has 0 aliphatic heterocycles. The maximum absolute atomic E-state index is 13.9. The molecule has 1 unspecified atom stereocenters. The Labute approximate surface area is 168 Å². The highest BCUT2D eigenvalue weighted by molar-refractivity contribution is 14.1. The average molecular weight is 485 g/mol. The molecule has 1 amide bonds. The van der Waals surface area contributed by atoms with E-state index in [4.69, 9.17) is 11.6 Å². The Morgan fingerprint density at radius 2 is 2.15 bits per heavy atom. The molecule has 2 aromatic heterocycles. The van der Waals surface area contributed by atoms with Crippen LogP contribution in [0.3, 0.4) is 0 Å². The third-order valence-electron chi connectivity index (χ3n) is 4.90. The number of amides is 1. The zero-order valence-corrected chi connectivity index (χ0v) is 16.9. The Balaban J connectivity index is 1.56. The van der Waals surface area contributed by atoms with E-state index in [1.165, 1.54) is 6.20 Å². The van der Waals surface area contributed by atoms with Crippen molar-refractivity contribution in [2.45, 2.75) is 12.8 Å². The molecule has 1 aromatic carbocycles. The molecular formula is C18H15ClFIN4O. The summed E-state index contributed by atoms with van der Waals surface area (Å²) in [4.78, 5) is 16.8. The maximum atomic E-state index is 13.9. The maximum Gasteiger partial charge on any atom is 0.229 e. The number of benzene rings is 1. The monoisotopic (exact) mass is 484 g/mol. The van der Waals surface area contributed by atoms with E-state index < -0.39 is 5.82 Å². The first-order valence-electron chi connectivity index (χ1n) is 8.09. The van der Waals surface area contributed by atoms with Crippen LogP contribution in [0.1, 0.15) is 18.4 Å². The molecule has 0 radical (unpaired) electrons. The summed E-state index contributed by atoms with van der Waals surface area (Å²) < 4.78 is 16.1. The smallest absolute Gasteiger partial charge is 0.229 e. The Morgan fingerprint density at radius 1 is 1.38 bits per heavy atom. The van der Waals surface area contributed by atoms with Crippen LogP contribution >= 0.6 is 34.2 Å². The van der Waals surface area contributed by atoms with E-state index in [9.17, 15) is 9.18 Å². The first-order chi connectivity index (χ1) is 12.4. The van der Waals surface area contributed by atoms with Crippen LogP contribution < -0.4 is 5.32 Å². The molecule has 0 spiro atoms. The summed E-state index contributed by atoms with van der Waals surface area (Å²) in [5.41, 5.74) is 1.07. The SMILES string of the molecule is CC1[C@H](C(=O)Nc2cc3cc(I)c(F)c(Cl)c3cn2)[C@H]1c1cnn(C)c1. The Bertz CT molecular complexity index is 1040. The van der Waals surface area contributed by atoms with Gasteiger partial charge in [0.2, 0.25) is 5.91 Å². The molecule has 2 heterocycles. The number of aryl methyl sites for hydroxylation is 1. The van der Waals surface area contributed by atoms with Crippen LogP contribution in [-0.4, -0.2) is 20.7 Å². The quantitative estimate of drug-likeness (QED) is 0.444. The van der Waals surface area contributed by atoms with Gasteiger partial charge in [-0.15, -0.1) is 0 Å². The summed E-state index contributed by atoms with van der Waals surface area (Å²) in [6.07, 6.45) is 5.24. The number of anilines is 1. The van der Waals surface area contributed by atoms with Gasteiger partial charge >= 0.3 is 0 Å². The van der Waals surface area contributed by atoms with E-state index in [0.29, 0.717) is 14.8 Å². The Morgan fingerprint density at radius 3 is 2.85 bits per heavy atom. The number of hydrogen-bond acceptors (Lipinski definition) is 3. The third-order valence-corrected chi connectivity index (χ3v) is 6.05. The minimum atomic E-state index is -0.454. The van der Waals surface area contributed by atoms with Crippen LogP contribution in [-0.2, 0) is 11.8 Å². The van der Waals surface area contributed by atoms with Crippen molar-refractivity contribution in [3.63, 3.8) is 0 Å². The molecule has 3 atom stereocenters. The van der Waals surface area contributed by atoms with Gasteiger partial charge in [-0.25, -0.2) is 9.37 Å². The van der Waals surface area contributed by atoms with Gasteiger partial charge in [-0.3, -0.25) is 9.48 Å². The molecule has 1 fully saturated rings. The summed E-state index contributed by atoms with van der Waals surface area (Å²) in [5.74, 6) is 0.238. The van der Waals surface area contributed by atoms with Gasteiger partial charge < -0.3 is 5.32 Å². The predicted molar refractivity (Wildman–Crippen MR) is 107 cm³/mol. The second-order valence-electron chi connectivity index (χ2n) is 6.62. The second-order valence-corrected chi connectivity index (χ2v) is 8.16. The van der Waals surface area contributed by atoms with Crippen molar-refractivity contribution in [3.05, 3.63) is 50.7 Å². The molecule has 4 rings (SSSR count). The Hall–Kier alpha value is -1.74. The van der Waals surface area contributed by atoms with Crippen molar-refractivity contribution in [3.8, 4) is 0 Å². The number of carbonyl (C=O) groups excluding carboxylic acids is 1. The lowest BCUT2D eigenvalue weighted by Gasteiger charge is -2.08. The zero-order chi connectivity index (χ0) is 18.6. The number of nitrogens with zero attached hydrogens (tertiary/aromatic N) is 3. The molecule has 134 valence electrons. The molecule has 0 bridgehead atoms. The molecule has 1 saturated carbocycles. The van der Waals surface area contributed by atoms with E-state index >= 15 is 0 Å². The van der Waals surface area contributed by atoms with Gasteiger partial charge in [0.1, 0.15) is 5.82 Å². The number of carbonyl (C=O) groups is 1. The van der Waals surface area contributed by atoms with E-state index in [0.717, 1.165) is 10.9 Å². The summed E-state index contributed by atoms with van der Waals surface area (Å²) in [5, 5.41) is 8.35. The van der Waals surface area contributed by atoms with Gasteiger partial charge in [-0.2, -0.15) is 5.10 Å². The molecule has 0 saturated heterocycles. The summed E-state index contributed by atoms with van der Waals surface area (Å²) >= 11 is 7.94. The van der Waals surface area contributed by atoms with E-state index in [1.54, 1.807) is 23.0 Å². The van der Waals surface area contributed by atoms with Crippen molar-refractivity contribution >= 4 is 56.7 Å². The number of aromatic nitrogens is 3. The molecule has 8 heteroatoms. The average Bonchev–Trinajstić information content (AvgIpc) is 3.08. The van der Waals surface area contributed by atoms with Crippen LogP contribution in [0.25, 0.3) is 10.8 Å². The van der Waals surface area contributed by atoms with Gasteiger partial charge in [0.05, 0.1) is 14.8 Å². The molecule has 1 aliphatic rings. The van der Waals surface area contributed by atoms with Crippen LogP contribution in [0.4, 0.5) is 10.2 Å². The molecule has 26 heavy (non-hydrogen) atoms. The van der Waals surface area contributed by atoms with Crippen molar-refractivity contribution in [2.24, 2.45) is 18.9 Å². The highest BCUT2D eigenvalue weighted by Crippen LogP contribution is 2.54. The van der Waals surface area contributed by atoms with Gasteiger partial charge in [0, 0.05) is 36.7 Å². The molecule has 1 aliphatic carbocycles. The van der Waals surface area contributed by atoms with Gasteiger partial charge in [0.15, 0.2) is 5.82 Å². The first-order valence-corrected chi connectivity index (χ1v) is 9.55. The first kappa shape index (κ1) is 17.7. The standard InChI is InChI=1S/C18H15ClFIN4O/c1-8-14(10-5-23-25(2)7-10)15(8)18(26)24-13-4-9-3-12(21)17(20)16(19)11(9)6-22-13/h3-8,14-15H,1-2H3,(H,22,24,26)/t8?,14-,15+/m1/s1. The van der Waals surface area contributed by atoms with Gasteiger partial charge in [-0.1, -0.05) is 18.5 Å². The topological polar surface area (TPSA) is 59.8 Å². The lowest BCUT2D eigenvalue weighted by Crippen LogP contribution is -2.16. The lowest BCUT2D eigenvalue weighted by molar-refractivity contribution is -0.117. The summed E-state index contributed by atoms with van der Waals surface area (Å²) in [6, 6.07) is 3.40. The fourth-order valence-corrected chi connectivity index (χ4v) is 4.49. The van der Waals surface area contributed by atoms with E-state index in [-0.39, 0.29) is 28.7 Å². The number of nitrogens with one attached hydrogen (secondary N) is 1. The molecular weight excluding hydrogens is 470 g/mol. The fraction of sp³-hybridized carbons (Fsp3) is 0.278. The van der Waals surface area contributed by atoms with Crippen molar-refractivity contribution in [1.82, 2.24) is 14.8 Å². The number of rotatable bonds is 3. The van der Waals surface area contributed by atoms with E-state index in [1.807, 2.05) is 35.8 Å². The molecule has 1 N–H and O–H groups in total. The number of fused-ring (bicyclic) bond motifs is 1. The predicted octanol–water partition coefficient (Wildman–Crippen LogP) is 4.35. The number of pyridine rings is 1. The third kappa shape index (κ3) is 2.96. The largest absolute Gasteiger partial charge is 0.310 e. The van der Waals surface area contributed by atoms with Gasteiger partial charge in [-0.05, 0) is 51.6 Å². The summed E-state index contributed by atoms with van der Waals surface area (Å²) in [6.45, 7) is 2.06. The highest BCUT2D eigenvalue weighted by Gasteiger charge is 2.52. The second kappa shape index (κ2) is 6.45. The molecule has 5 nitrogen and oxygen atoms in total. The number of hydrogen-bond donors (Lipinski definition) is 1. The van der Waals surface area contributed by atoms with Crippen molar-refractivity contribution in [2.75, 3.05) is 5.32 Å². The van der Waals surface area contributed by atoms with Crippen molar-refractivity contribution < 1.29 is 9.18 Å². The van der Waals surface area contributed by atoms with Crippen molar-refractivity contribution in [1.29, 1.82) is 0 Å². The van der Waals surface area contributed by atoms with Crippen LogP contribution in [0, 0.1) is 21.2 Å². The highest BCUT2D eigenvalue weighted by atomic mass is 127. The summed E-state index contributed by atoms with van der Waals surface area (Å²) in [7, 11) is 1.86. The Kier molecular flexibility index (Phi) is 4.38. The zero-order valence-electron chi connectivity index (χ0n) is 14.0. The number of halogens is 3. The minimum absolute atomic E-state index is 0.0460. The van der Waals surface area contributed by atoms with Crippen LogP contribution in [0.2, 0.25) is 5.02 Å². The van der Waals surface area contributed by atoms with E-state index in [2.05, 4.69) is 22.3 Å². The van der Waals surface area contributed by atoms with Gasteiger partial charge in [0.25, 0.3) is 0 Å². The minimum Gasteiger partial charge on any atom is -0.310 e. The normalized spacial score (nSPS) is 21.8. The van der Waals surface area contributed by atoms with Crippen LogP contribution in [0.5, 0.6) is 0 Å². The molecule has 3 aromatic rings.